The summed E-state index contributed by atoms with van der Waals surface area (Å²) in [4.78, 5) is 13.0. The summed E-state index contributed by atoms with van der Waals surface area (Å²) in [6.45, 7) is 6.55. The van der Waals surface area contributed by atoms with E-state index in [0.29, 0.717) is 6.54 Å². The second-order valence-corrected chi connectivity index (χ2v) is 4.58. The van der Waals surface area contributed by atoms with Crippen LogP contribution in [0.4, 0.5) is 5.69 Å². The van der Waals surface area contributed by atoms with Gasteiger partial charge in [-0.2, -0.15) is 0 Å². The van der Waals surface area contributed by atoms with E-state index in [0.717, 1.165) is 17.8 Å². The molecule has 17 heavy (non-hydrogen) atoms. The van der Waals surface area contributed by atoms with Crippen LogP contribution in [0.2, 0.25) is 0 Å². The molecule has 0 aromatic heterocycles. The van der Waals surface area contributed by atoms with Crippen LogP contribution in [-0.2, 0) is 4.79 Å². The lowest BCUT2D eigenvalue weighted by Crippen LogP contribution is -2.54. The summed E-state index contributed by atoms with van der Waals surface area (Å²) in [7, 11) is 0. The minimum Gasteiger partial charge on any atom is -0.480 e. The van der Waals surface area contributed by atoms with Crippen molar-refractivity contribution < 1.29 is 9.90 Å². The summed E-state index contributed by atoms with van der Waals surface area (Å²) >= 11 is 0. The molecule has 1 aromatic rings. The molecule has 4 nitrogen and oxygen atoms in total. The SMILES string of the molecule is CCN(CC(C)(N)C(=O)O)c1cccc(C)c1. The molecule has 0 amide bonds. The molecule has 0 aliphatic carbocycles. The van der Waals surface area contributed by atoms with Gasteiger partial charge in [-0.3, -0.25) is 4.79 Å². The zero-order valence-corrected chi connectivity index (χ0v) is 10.6. The lowest BCUT2D eigenvalue weighted by atomic mass is 10.0. The van der Waals surface area contributed by atoms with Crippen molar-refractivity contribution in [3.05, 3.63) is 29.8 Å². The van der Waals surface area contributed by atoms with Crippen LogP contribution >= 0.6 is 0 Å². The second kappa shape index (κ2) is 5.19. The summed E-state index contributed by atoms with van der Waals surface area (Å²) in [6.07, 6.45) is 0. The van der Waals surface area contributed by atoms with E-state index >= 15 is 0 Å². The zero-order valence-electron chi connectivity index (χ0n) is 10.6. The van der Waals surface area contributed by atoms with Crippen molar-refractivity contribution in [2.24, 2.45) is 5.73 Å². The van der Waals surface area contributed by atoms with Gasteiger partial charge in [0.25, 0.3) is 0 Å². The molecule has 1 atom stereocenters. The molecule has 0 aliphatic heterocycles. The molecule has 0 aliphatic rings. The van der Waals surface area contributed by atoms with E-state index < -0.39 is 11.5 Å². The highest BCUT2D eigenvalue weighted by atomic mass is 16.4. The van der Waals surface area contributed by atoms with Gasteiger partial charge in [0.05, 0.1) is 0 Å². The van der Waals surface area contributed by atoms with Crippen molar-refractivity contribution >= 4 is 11.7 Å². The maximum Gasteiger partial charge on any atom is 0.325 e. The number of rotatable bonds is 5. The number of aryl methyl sites for hydroxylation is 1. The first kappa shape index (κ1) is 13.5. The minimum absolute atomic E-state index is 0.294. The van der Waals surface area contributed by atoms with E-state index in [-0.39, 0.29) is 0 Å². The Morgan fingerprint density at radius 2 is 2.18 bits per heavy atom. The van der Waals surface area contributed by atoms with Gasteiger partial charge in [0.2, 0.25) is 0 Å². The van der Waals surface area contributed by atoms with Crippen molar-refractivity contribution in [3.8, 4) is 0 Å². The number of nitrogens with two attached hydrogens (primary N) is 1. The summed E-state index contributed by atoms with van der Waals surface area (Å²) in [5, 5.41) is 9.04. The Balaban J connectivity index is 2.90. The van der Waals surface area contributed by atoms with Crippen LogP contribution < -0.4 is 10.6 Å². The largest absolute Gasteiger partial charge is 0.480 e. The zero-order chi connectivity index (χ0) is 13.1. The van der Waals surface area contributed by atoms with Gasteiger partial charge in [-0.25, -0.2) is 0 Å². The third-order valence-corrected chi connectivity index (χ3v) is 2.76. The Labute approximate surface area is 102 Å². The number of nitrogens with zero attached hydrogens (tertiary/aromatic N) is 1. The highest BCUT2D eigenvalue weighted by molar-refractivity contribution is 5.79. The van der Waals surface area contributed by atoms with Gasteiger partial charge in [-0.15, -0.1) is 0 Å². The molecule has 4 heteroatoms. The van der Waals surface area contributed by atoms with Gasteiger partial charge in [0, 0.05) is 18.8 Å². The van der Waals surface area contributed by atoms with Crippen LogP contribution in [0.5, 0.6) is 0 Å². The highest BCUT2D eigenvalue weighted by Crippen LogP contribution is 2.17. The van der Waals surface area contributed by atoms with Gasteiger partial charge >= 0.3 is 5.97 Å². The van der Waals surface area contributed by atoms with Crippen LogP contribution in [0.3, 0.4) is 0 Å². The van der Waals surface area contributed by atoms with Crippen molar-refractivity contribution in [2.75, 3.05) is 18.0 Å². The topological polar surface area (TPSA) is 66.6 Å². The van der Waals surface area contributed by atoms with Crippen molar-refractivity contribution in [1.82, 2.24) is 0 Å². The summed E-state index contributed by atoms with van der Waals surface area (Å²) < 4.78 is 0. The molecule has 1 rings (SSSR count). The van der Waals surface area contributed by atoms with Crippen LogP contribution in [0.15, 0.2) is 24.3 Å². The molecule has 0 bridgehead atoms. The average molecular weight is 236 g/mol. The van der Waals surface area contributed by atoms with E-state index in [1.807, 2.05) is 43.0 Å². The quantitative estimate of drug-likeness (QED) is 0.815. The summed E-state index contributed by atoms with van der Waals surface area (Å²) in [5.41, 5.74) is 6.69. The molecule has 1 unspecified atom stereocenters. The third kappa shape index (κ3) is 3.46. The second-order valence-electron chi connectivity index (χ2n) is 4.58. The van der Waals surface area contributed by atoms with Crippen LogP contribution in [0, 0.1) is 6.92 Å². The first-order chi connectivity index (χ1) is 7.86. The fourth-order valence-electron chi connectivity index (χ4n) is 1.67. The lowest BCUT2D eigenvalue weighted by molar-refractivity contribution is -0.142. The number of likely N-dealkylation sites (N-methyl/N-ethyl adjacent to an activating group) is 1. The monoisotopic (exact) mass is 236 g/mol. The maximum atomic E-state index is 11.0. The minimum atomic E-state index is -1.24. The van der Waals surface area contributed by atoms with Crippen LogP contribution in [0.1, 0.15) is 19.4 Å². The number of anilines is 1. The first-order valence-electron chi connectivity index (χ1n) is 5.70. The fraction of sp³-hybridized carbons (Fsp3) is 0.462. The van der Waals surface area contributed by atoms with Gasteiger partial charge < -0.3 is 15.7 Å². The van der Waals surface area contributed by atoms with Crippen LogP contribution in [0.25, 0.3) is 0 Å². The molecular weight excluding hydrogens is 216 g/mol. The summed E-state index contributed by atoms with van der Waals surface area (Å²) in [5.74, 6) is -0.983. The number of hydrogen-bond donors (Lipinski definition) is 2. The molecule has 0 heterocycles. The predicted molar refractivity (Wildman–Crippen MR) is 69.3 cm³/mol. The number of benzene rings is 1. The number of carboxylic acids is 1. The molecule has 0 radical (unpaired) electrons. The van der Waals surface area contributed by atoms with Gasteiger partial charge in [-0.1, -0.05) is 12.1 Å². The number of carbonyl (C=O) groups is 1. The van der Waals surface area contributed by atoms with Crippen molar-refractivity contribution in [1.29, 1.82) is 0 Å². The number of aliphatic carboxylic acids is 1. The fourth-order valence-corrected chi connectivity index (χ4v) is 1.67. The van der Waals surface area contributed by atoms with E-state index in [2.05, 4.69) is 0 Å². The van der Waals surface area contributed by atoms with Crippen molar-refractivity contribution in [3.63, 3.8) is 0 Å². The van der Waals surface area contributed by atoms with E-state index in [9.17, 15) is 4.79 Å². The Kier molecular flexibility index (Phi) is 4.12. The molecule has 0 spiro atoms. The normalized spacial score (nSPS) is 14.1. The lowest BCUT2D eigenvalue weighted by Gasteiger charge is -2.30. The van der Waals surface area contributed by atoms with Gasteiger partial charge in [0.1, 0.15) is 5.54 Å². The molecule has 0 saturated carbocycles. The van der Waals surface area contributed by atoms with Gasteiger partial charge in [0.15, 0.2) is 0 Å². The Hall–Kier alpha value is -1.55. The smallest absolute Gasteiger partial charge is 0.325 e. The van der Waals surface area contributed by atoms with E-state index in [1.165, 1.54) is 6.92 Å². The molecule has 3 N–H and O–H groups in total. The first-order valence-corrected chi connectivity index (χ1v) is 5.70. The van der Waals surface area contributed by atoms with Gasteiger partial charge in [-0.05, 0) is 38.5 Å². The standard InChI is InChI=1S/C13H20N2O2/c1-4-15(9-13(3,14)12(16)17)11-7-5-6-10(2)8-11/h5-8H,4,9,14H2,1-3H3,(H,16,17). The number of carboxylic acid groups (broad SMARTS) is 1. The predicted octanol–water partition coefficient (Wildman–Crippen LogP) is 1.62. The van der Waals surface area contributed by atoms with E-state index in [4.69, 9.17) is 10.8 Å². The molecular formula is C13H20N2O2. The summed E-state index contributed by atoms with van der Waals surface area (Å²) in [6, 6.07) is 7.97. The Morgan fingerprint density at radius 1 is 1.53 bits per heavy atom. The Morgan fingerprint density at radius 3 is 2.65 bits per heavy atom. The molecule has 0 saturated heterocycles. The van der Waals surface area contributed by atoms with Crippen molar-refractivity contribution in [2.45, 2.75) is 26.3 Å². The van der Waals surface area contributed by atoms with E-state index in [1.54, 1.807) is 0 Å². The highest BCUT2D eigenvalue weighted by Gasteiger charge is 2.30. The van der Waals surface area contributed by atoms with Crippen LogP contribution in [-0.4, -0.2) is 29.7 Å². The average Bonchev–Trinajstić information content (AvgIpc) is 2.25. The number of hydrogen-bond acceptors (Lipinski definition) is 3. The third-order valence-electron chi connectivity index (χ3n) is 2.76. The molecule has 94 valence electrons. The maximum absolute atomic E-state index is 11.0. The molecule has 1 aromatic carbocycles. The Bertz CT molecular complexity index is 402. The molecule has 0 fully saturated rings.